The molecule has 5 heteroatoms. The fourth-order valence-corrected chi connectivity index (χ4v) is 4.40. The monoisotopic (exact) mass is 360 g/mol. The highest BCUT2D eigenvalue weighted by Gasteiger charge is 2.39. The van der Waals surface area contributed by atoms with E-state index in [2.05, 4.69) is 22.1 Å². The summed E-state index contributed by atoms with van der Waals surface area (Å²) in [6.07, 6.45) is 9.72. The topological polar surface area (TPSA) is 54.4 Å². The Bertz CT molecular complexity index is 676. The van der Waals surface area contributed by atoms with Gasteiger partial charge in [-0.25, -0.2) is 4.98 Å². The summed E-state index contributed by atoms with van der Waals surface area (Å²) in [5.41, 5.74) is 1.87. The first-order valence-corrected chi connectivity index (χ1v) is 9.79. The Balaban J connectivity index is 1.42. The SMILES string of the molecule is OC1CCC(CNc2cc(Cl)ncc2C#CC2CC3CCC2O3)CC1. The van der Waals surface area contributed by atoms with Crippen molar-refractivity contribution in [2.24, 2.45) is 11.8 Å². The Morgan fingerprint density at radius 2 is 2.08 bits per heavy atom. The van der Waals surface area contributed by atoms with E-state index in [1.807, 2.05) is 6.07 Å². The van der Waals surface area contributed by atoms with Gasteiger partial charge in [-0.05, 0) is 56.9 Å². The molecule has 3 unspecified atom stereocenters. The Morgan fingerprint density at radius 1 is 1.24 bits per heavy atom. The van der Waals surface area contributed by atoms with E-state index in [9.17, 15) is 5.11 Å². The number of nitrogens with one attached hydrogen (secondary N) is 1. The largest absolute Gasteiger partial charge is 0.393 e. The molecular weight excluding hydrogens is 336 g/mol. The van der Waals surface area contributed by atoms with Crippen LogP contribution in [0.5, 0.6) is 0 Å². The molecule has 1 saturated carbocycles. The molecule has 2 N–H and O–H groups in total. The Labute approximate surface area is 154 Å². The minimum Gasteiger partial charge on any atom is -0.393 e. The van der Waals surface area contributed by atoms with Gasteiger partial charge in [0.1, 0.15) is 5.15 Å². The quantitative estimate of drug-likeness (QED) is 0.638. The van der Waals surface area contributed by atoms with E-state index in [-0.39, 0.29) is 6.10 Å². The zero-order valence-corrected chi connectivity index (χ0v) is 15.1. The number of nitrogens with zero attached hydrogens (tertiary/aromatic N) is 1. The summed E-state index contributed by atoms with van der Waals surface area (Å²) in [6, 6.07) is 1.86. The molecule has 4 rings (SSSR count). The molecule has 0 spiro atoms. The number of halogens is 1. The second kappa shape index (κ2) is 7.53. The smallest absolute Gasteiger partial charge is 0.131 e. The minimum atomic E-state index is -0.114. The van der Waals surface area contributed by atoms with Gasteiger partial charge in [-0.3, -0.25) is 0 Å². The fraction of sp³-hybridized carbons (Fsp3) is 0.650. The maximum absolute atomic E-state index is 9.64. The lowest BCUT2D eigenvalue weighted by Crippen LogP contribution is -2.23. The Morgan fingerprint density at radius 3 is 2.80 bits per heavy atom. The first kappa shape index (κ1) is 17.1. The molecule has 1 aromatic heterocycles. The highest BCUT2D eigenvalue weighted by Crippen LogP contribution is 2.38. The van der Waals surface area contributed by atoms with Crippen LogP contribution in [0.15, 0.2) is 12.3 Å². The van der Waals surface area contributed by atoms with Gasteiger partial charge in [0.15, 0.2) is 0 Å². The lowest BCUT2D eigenvalue weighted by Gasteiger charge is -2.26. The van der Waals surface area contributed by atoms with Gasteiger partial charge in [0, 0.05) is 18.7 Å². The summed E-state index contributed by atoms with van der Waals surface area (Å²) in [7, 11) is 0. The van der Waals surface area contributed by atoms with Crippen molar-refractivity contribution in [3.05, 3.63) is 23.0 Å². The lowest BCUT2D eigenvalue weighted by atomic mass is 9.87. The van der Waals surface area contributed by atoms with Crippen molar-refractivity contribution in [3.8, 4) is 11.8 Å². The van der Waals surface area contributed by atoms with Gasteiger partial charge in [-0.15, -0.1) is 0 Å². The molecule has 25 heavy (non-hydrogen) atoms. The van der Waals surface area contributed by atoms with Crippen LogP contribution in [0.25, 0.3) is 0 Å². The molecule has 3 heterocycles. The second-order valence-electron chi connectivity index (χ2n) is 7.59. The van der Waals surface area contributed by atoms with E-state index in [4.69, 9.17) is 16.3 Å². The van der Waals surface area contributed by atoms with E-state index in [1.54, 1.807) is 6.20 Å². The van der Waals surface area contributed by atoms with Crippen molar-refractivity contribution >= 4 is 17.3 Å². The molecule has 2 aliphatic heterocycles. The van der Waals surface area contributed by atoms with Crippen molar-refractivity contribution in [2.45, 2.75) is 63.3 Å². The van der Waals surface area contributed by atoms with E-state index in [0.29, 0.717) is 29.2 Å². The number of hydrogen-bond donors (Lipinski definition) is 2. The predicted molar refractivity (Wildman–Crippen MR) is 98.6 cm³/mol. The number of anilines is 1. The average molecular weight is 361 g/mol. The van der Waals surface area contributed by atoms with Crippen LogP contribution >= 0.6 is 11.6 Å². The van der Waals surface area contributed by atoms with E-state index < -0.39 is 0 Å². The second-order valence-corrected chi connectivity index (χ2v) is 7.98. The minimum absolute atomic E-state index is 0.114. The standard InChI is InChI=1S/C20H25ClN2O2/c21-20-10-18(22-11-13-1-5-16(24)6-2-13)15(12-23-20)4-3-14-9-17-7-8-19(14)25-17/h10,12-14,16-17,19,24H,1-2,5-9,11H2,(H,22,23). The average Bonchev–Trinajstić information content (AvgIpc) is 3.23. The van der Waals surface area contributed by atoms with Gasteiger partial charge >= 0.3 is 0 Å². The molecule has 0 aromatic carbocycles. The summed E-state index contributed by atoms with van der Waals surface area (Å²) in [6.45, 7) is 0.888. The highest BCUT2D eigenvalue weighted by molar-refractivity contribution is 6.29. The third kappa shape index (κ3) is 4.11. The van der Waals surface area contributed by atoms with Crippen LogP contribution < -0.4 is 5.32 Å². The van der Waals surface area contributed by atoms with Gasteiger partial charge in [-0.1, -0.05) is 23.4 Å². The van der Waals surface area contributed by atoms with Crippen LogP contribution in [0.3, 0.4) is 0 Å². The Kier molecular flexibility index (Phi) is 5.17. The zero-order valence-electron chi connectivity index (χ0n) is 14.4. The molecule has 0 amide bonds. The van der Waals surface area contributed by atoms with Crippen LogP contribution in [0, 0.1) is 23.7 Å². The molecule has 2 bridgehead atoms. The maximum atomic E-state index is 9.64. The van der Waals surface area contributed by atoms with Crippen LogP contribution in [0.2, 0.25) is 5.15 Å². The van der Waals surface area contributed by atoms with Gasteiger partial charge in [0.05, 0.1) is 29.6 Å². The molecule has 4 nitrogen and oxygen atoms in total. The van der Waals surface area contributed by atoms with Gasteiger partial charge in [-0.2, -0.15) is 0 Å². The van der Waals surface area contributed by atoms with E-state index in [0.717, 1.165) is 56.3 Å². The zero-order chi connectivity index (χ0) is 17.2. The van der Waals surface area contributed by atoms with Crippen molar-refractivity contribution in [1.82, 2.24) is 4.98 Å². The molecule has 3 aliphatic rings. The third-order valence-corrected chi connectivity index (χ3v) is 5.97. The first-order valence-electron chi connectivity index (χ1n) is 9.42. The number of ether oxygens (including phenoxy) is 1. The predicted octanol–water partition coefficient (Wildman–Crippen LogP) is 3.62. The van der Waals surface area contributed by atoms with Crippen LogP contribution in [0.1, 0.15) is 50.5 Å². The first-order chi connectivity index (χ1) is 12.2. The van der Waals surface area contributed by atoms with Crippen molar-refractivity contribution in [1.29, 1.82) is 0 Å². The number of aliphatic hydroxyl groups excluding tert-OH is 1. The van der Waals surface area contributed by atoms with E-state index >= 15 is 0 Å². The van der Waals surface area contributed by atoms with Crippen molar-refractivity contribution in [2.75, 3.05) is 11.9 Å². The Hall–Kier alpha value is -1.28. The summed E-state index contributed by atoms with van der Waals surface area (Å²) < 4.78 is 5.88. The molecule has 1 aliphatic carbocycles. The van der Waals surface area contributed by atoms with Crippen LogP contribution in [-0.4, -0.2) is 34.9 Å². The summed E-state index contributed by atoms with van der Waals surface area (Å²) in [4.78, 5) is 4.20. The molecule has 2 saturated heterocycles. The number of aliphatic hydroxyl groups is 1. The summed E-state index contributed by atoms with van der Waals surface area (Å²) in [5, 5.41) is 13.6. The van der Waals surface area contributed by atoms with Crippen LogP contribution in [-0.2, 0) is 4.74 Å². The van der Waals surface area contributed by atoms with Crippen molar-refractivity contribution < 1.29 is 9.84 Å². The van der Waals surface area contributed by atoms with Crippen molar-refractivity contribution in [3.63, 3.8) is 0 Å². The van der Waals surface area contributed by atoms with Gasteiger partial charge < -0.3 is 15.2 Å². The normalized spacial score (nSPS) is 33.8. The molecular formula is C20H25ClN2O2. The molecule has 1 aromatic rings. The number of rotatable bonds is 3. The van der Waals surface area contributed by atoms with Gasteiger partial charge in [0.2, 0.25) is 0 Å². The number of hydrogen-bond acceptors (Lipinski definition) is 4. The summed E-state index contributed by atoms with van der Waals surface area (Å²) in [5.74, 6) is 7.65. The molecule has 3 atom stereocenters. The molecule has 3 fully saturated rings. The number of aromatic nitrogens is 1. The molecule has 134 valence electrons. The fourth-order valence-electron chi connectivity index (χ4n) is 4.24. The van der Waals surface area contributed by atoms with E-state index in [1.165, 1.54) is 6.42 Å². The lowest BCUT2D eigenvalue weighted by molar-refractivity contribution is 0.0987. The highest BCUT2D eigenvalue weighted by atomic mass is 35.5. The number of fused-ring (bicyclic) bond motifs is 2. The van der Waals surface area contributed by atoms with Crippen LogP contribution in [0.4, 0.5) is 5.69 Å². The summed E-state index contributed by atoms with van der Waals surface area (Å²) >= 11 is 6.08. The molecule has 0 radical (unpaired) electrons. The maximum Gasteiger partial charge on any atom is 0.131 e. The number of pyridine rings is 1. The third-order valence-electron chi connectivity index (χ3n) is 5.77. The van der Waals surface area contributed by atoms with Gasteiger partial charge in [0.25, 0.3) is 0 Å².